The Morgan fingerprint density at radius 2 is 2.29 bits per heavy atom. The molecule has 0 saturated carbocycles. The molecule has 76 valence electrons. The summed E-state index contributed by atoms with van der Waals surface area (Å²) >= 11 is 0. The van der Waals surface area contributed by atoms with Crippen molar-refractivity contribution >= 4 is 0 Å². The van der Waals surface area contributed by atoms with E-state index in [1.807, 2.05) is 0 Å². The van der Waals surface area contributed by atoms with Gasteiger partial charge in [-0.05, 0) is 17.0 Å². The van der Waals surface area contributed by atoms with Crippen molar-refractivity contribution in [3.63, 3.8) is 0 Å². The Labute approximate surface area is 84.5 Å². The van der Waals surface area contributed by atoms with Crippen LogP contribution in [0.3, 0.4) is 0 Å². The first-order valence-corrected chi connectivity index (χ1v) is 5.11. The summed E-state index contributed by atoms with van der Waals surface area (Å²) in [4.78, 5) is 0. The lowest BCUT2D eigenvalue weighted by molar-refractivity contribution is 0.133. The molecule has 0 spiro atoms. The molecule has 2 heteroatoms. The molecule has 0 amide bonds. The van der Waals surface area contributed by atoms with E-state index in [0.29, 0.717) is 5.92 Å². The zero-order valence-electron chi connectivity index (χ0n) is 8.66. The Bertz CT molecular complexity index is 331. The third-order valence-electron chi connectivity index (χ3n) is 2.68. The highest BCUT2D eigenvalue weighted by molar-refractivity contribution is 5.46. The predicted octanol–water partition coefficient (Wildman–Crippen LogP) is 2.11. The van der Waals surface area contributed by atoms with Crippen LogP contribution in [0.5, 0.6) is 5.75 Å². The molecule has 1 aromatic rings. The molecule has 0 aromatic heterocycles. The van der Waals surface area contributed by atoms with Gasteiger partial charge in [0.15, 0.2) is 0 Å². The number of para-hydroxylation sites is 1. The summed E-state index contributed by atoms with van der Waals surface area (Å²) in [6, 6.07) is 6.25. The van der Waals surface area contributed by atoms with E-state index in [1.54, 1.807) is 0 Å². The standard InChI is InChI=1S/C12H16O2/c1-8(2)11-5-3-4-9-6-10(7-13)14-12(9)11/h3-5,8,10,13H,6-7H2,1-2H3. The van der Waals surface area contributed by atoms with E-state index < -0.39 is 0 Å². The minimum Gasteiger partial charge on any atom is -0.487 e. The Morgan fingerprint density at radius 3 is 2.93 bits per heavy atom. The molecule has 1 atom stereocenters. The quantitative estimate of drug-likeness (QED) is 0.777. The lowest BCUT2D eigenvalue weighted by Gasteiger charge is -2.12. The first kappa shape index (κ1) is 9.53. The second-order valence-electron chi connectivity index (χ2n) is 4.12. The van der Waals surface area contributed by atoms with Crippen LogP contribution in [0.25, 0.3) is 0 Å². The van der Waals surface area contributed by atoms with Gasteiger partial charge in [-0.3, -0.25) is 0 Å². The molecule has 1 heterocycles. The van der Waals surface area contributed by atoms with Crippen molar-refractivity contribution < 1.29 is 9.84 Å². The number of hydrogen-bond donors (Lipinski definition) is 1. The molecule has 2 nitrogen and oxygen atoms in total. The van der Waals surface area contributed by atoms with E-state index in [4.69, 9.17) is 9.84 Å². The normalized spacial score (nSPS) is 19.6. The SMILES string of the molecule is CC(C)c1cccc2c1OC(CO)C2. The van der Waals surface area contributed by atoms with Crippen LogP contribution in [0.1, 0.15) is 30.9 Å². The van der Waals surface area contributed by atoms with Gasteiger partial charge in [-0.25, -0.2) is 0 Å². The zero-order valence-corrected chi connectivity index (χ0v) is 8.66. The van der Waals surface area contributed by atoms with Crippen LogP contribution >= 0.6 is 0 Å². The maximum Gasteiger partial charge on any atom is 0.126 e. The van der Waals surface area contributed by atoms with Gasteiger partial charge in [-0.2, -0.15) is 0 Å². The second kappa shape index (κ2) is 3.62. The van der Waals surface area contributed by atoms with Gasteiger partial charge in [-0.1, -0.05) is 32.0 Å². The summed E-state index contributed by atoms with van der Waals surface area (Å²) in [7, 11) is 0. The fraction of sp³-hybridized carbons (Fsp3) is 0.500. The van der Waals surface area contributed by atoms with Gasteiger partial charge in [0, 0.05) is 6.42 Å². The minimum absolute atomic E-state index is 0.0371. The Kier molecular flexibility index (Phi) is 2.46. The number of benzene rings is 1. The average molecular weight is 192 g/mol. The molecule has 0 saturated heterocycles. The molecule has 1 aliphatic heterocycles. The number of aliphatic hydroxyl groups excluding tert-OH is 1. The number of ether oxygens (including phenoxy) is 1. The van der Waals surface area contributed by atoms with Crippen LogP contribution in [-0.4, -0.2) is 17.8 Å². The molecule has 2 rings (SSSR count). The summed E-state index contributed by atoms with van der Waals surface area (Å²) < 4.78 is 5.70. The number of hydrogen-bond acceptors (Lipinski definition) is 2. The molecule has 0 radical (unpaired) electrons. The summed E-state index contributed by atoms with van der Waals surface area (Å²) in [5.74, 6) is 1.48. The van der Waals surface area contributed by atoms with Crippen molar-refractivity contribution in [3.8, 4) is 5.75 Å². The average Bonchev–Trinajstić information content (AvgIpc) is 2.59. The van der Waals surface area contributed by atoms with Crippen molar-refractivity contribution in [2.24, 2.45) is 0 Å². The molecule has 1 aromatic carbocycles. The molecular formula is C12H16O2. The highest BCUT2D eigenvalue weighted by Gasteiger charge is 2.24. The fourth-order valence-electron chi connectivity index (χ4n) is 1.92. The van der Waals surface area contributed by atoms with Crippen molar-refractivity contribution in [3.05, 3.63) is 29.3 Å². The lowest BCUT2D eigenvalue weighted by Crippen LogP contribution is -2.17. The summed E-state index contributed by atoms with van der Waals surface area (Å²) in [6.07, 6.45) is 0.803. The van der Waals surface area contributed by atoms with Crippen LogP contribution < -0.4 is 4.74 Å². The van der Waals surface area contributed by atoms with E-state index in [1.165, 1.54) is 11.1 Å². The highest BCUT2D eigenvalue weighted by Crippen LogP contribution is 2.36. The second-order valence-corrected chi connectivity index (χ2v) is 4.12. The Hall–Kier alpha value is -1.02. The van der Waals surface area contributed by atoms with Gasteiger partial charge in [-0.15, -0.1) is 0 Å². The van der Waals surface area contributed by atoms with Crippen LogP contribution in [-0.2, 0) is 6.42 Å². The molecule has 0 aliphatic carbocycles. The third-order valence-corrected chi connectivity index (χ3v) is 2.68. The fourth-order valence-corrected chi connectivity index (χ4v) is 1.92. The van der Waals surface area contributed by atoms with Gasteiger partial charge < -0.3 is 9.84 Å². The molecule has 1 N–H and O–H groups in total. The zero-order chi connectivity index (χ0) is 10.1. The summed E-state index contributed by atoms with van der Waals surface area (Å²) in [5, 5.41) is 9.04. The Morgan fingerprint density at radius 1 is 1.50 bits per heavy atom. The van der Waals surface area contributed by atoms with Crippen LogP contribution in [0, 0.1) is 0 Å². The smallest absolute Gasteiger partial charge is 0.126 e. The van der Waals surface area contributed by atoms with Crippen molar-refractivity contribution in [2.75, 3.05) is 6.61 Å². The van der Waals surface area contributed by atoms with E-state index in [0.717, 1.165) is 12.2 Å². The van der Waals surface area contributed by atoms with Gasteiger partial charge in [0.1, 0.15) is 11.9 Å². The van der Waals surface area contributed by atoms with Crippen LogP contribution in [0.4, 0.5) is 0 Å². The maximum atomic E-state index is 9.04. The van der Waals surface area contributed by atoms with E-state index in [-0.39, 0.29) is 12.7 Å². The lowest BCUT2D eigenvalue weighted by atomic mass is 9.99. The minimum atomic E-state index is -0.0371. The first-order valence-electron chi connectivity index (χ1n) is 5.11. The van der Waals surface area contributed by atoms with E-state index in [9.17, 15) is 0 Å². The van der Waals surface area contributed by atoms with Crippen LogP contribution in [0.15, 0.2) is 18.2 Å². The molecule has 14 heavy (non-hydrogen) atoms. The first-order chi connectivity index (χ1) is 6.72. The third kappa shape index (κ3) is 1.50. The van der Waals surface area contributed by atoms with Crippen molar-refractivity contribution in [1.29, 1.82) is 0 Å². The number of fused-ring (bicyclic) bond motifs is 1. The molecule has 1 unspecified atom stereocenters. The molecule has 0 bridgehead atoms. The summed E-state index contributed by atoms with van der Waals surface area (Å²) in [5.41, 5.74) is 2.48. The largest absolute Gasteiger partial charge is 0.487 e. The maximum absolute atomic E-state index is 9.04. The van der Waals surface area contributed by atoms with Gasteiger partial charge in [0.25, 0.3) is 0 Å². The van der Waals surface area contributed by atoms with E-state index in [2.05, 4.69) is 32.0 Å². The van der Waals surface area contributed by atoms with Crippen molar-refractivity contribution in [1.82, 2.24) is 0 Å². The molecule has 1 aliphatic rings. The highest BCUT2D eigenvalue weighted by atomic mass is 16.5. The summed E-state index contributed by atoms with van der Waals surface area (Å²) in [6.45, 7) is 4.42. The van der Waals surface area contributed by atoms with Gasteiger partial charge in [0.2, 0.25) is 0 Å². The number of aliphatic hydroxyl groups is 1. The van der Waals surface area contributed by atoms with Gasteiger partial charge >= 0.3 is 0 Å². The van der Waals surface area contributed by atoms with Crippen molar-refractivity contribution in [2.45, 2.75) is 32.3 Å². The monoisotopic (exact) mass is 192 g/mol. The van der Waals surface area contributed by atoms with Crippen LogP contribution in [0.2, 0.25) is 0 Å². The number of rotatable bonds is 2. The molecule has 0 fully saturated rings. The van der Waals surface area contributed by atoms with Gasteiger partial charge in [0.05, 0.1) is 6.61 Å². The topological polar surface area (TPSA) is 29.5 Å². The predicted molar refractivity (Wildman–Crippen MR) is 55.7 cm³/mol. The Balaban J connectivity index is 2.36. The van der Waals surface area contributed by atoms with E-state index >= 15 is 0 Å². The molecular weight excluding hydrogens is 176 g/mol.